The molecule has 1 saturated carbocycles. The fourth-order valence-corrected chi connectivity index (χ4v) is 3.31. The standard InChI is InChI=1S/C14H26N2/c1-11-7-9-13(10-8-11)14(16-15)12-5-3-2-4-6-12/h5,11,13-14,16H,2-4,6-10,15H2,1H3. The van der Waals surface area contributed by atoms with Crippen molar-refractivity contribution in [2.24, 2.45) is 17.7 Å². The van der Waals surface area contributed by atoms with E-state index in [0.29, 0.717) is 6.04 Å². The Hall–Kier alpha value is -0.340. The maximum atomic E-state index is 5.78. The molecule has 2 nitrogen and oxygen atoms in total. The van der Waals surface area contributed by atoms with Gasteiger partial charge in [0.15, 0.2) is 0 Å². The summed E-state index contributed by atoms with van der Waals surface area (Å²) < 4.78 is 0. The van der Waals surface area contributed by atoms with Gasteiger partial charge in [-0.2, -0.15) is 0 Å². The van der Waals surface area contributed by atoms with Gasteiger partial charge in [-0.05, 0) is 50.4 Å². The normalized spacial score (nSPS) is 33.2. The van der Waals surface area contributed by atoms with Gasteiger partial charge in [0.1, 0.15) is 0 Å². The first-order chi connectivity index (χ1) is 7.81. The summed E-state index contributed by atoms with van der Waals surface area (Å²) in [5, 5.41) is 0. The highest BCUT2D eigenvalue weighted by Gasteiger charge is 2.27. The van der Waals surface area contributed by atoms with E-state index in [4.69, 9.17) is 5.84 Å². The second-order valence-corrected chi connectivity index (χ2v) is 5.69. The lowest BCUT2D eigenvalue weighted by Gasteiger charge is -2.34. The van der Waals surface area contributed by atoms with Crippen molar-refractivity contribution >= 4 is 0 Å². The van der Waals surface area contributed by atoms with Crippen molar-refractivity contribution in [3.8, 4) is 0 Å². The summed E-state index contributed by atoms with van der Waals surface area (Å²) >= 11 is 0. The highest BCUT2D eigenvalue weighted by molar-refractivity contribution is 5.14. The molecule has 0 amide bonds. The average Bonchev–Trinajstić information content (AvgIpc) is 2.34. The third-order valence-electron chi connectivity index (χ3n) is 4.44. The zero-order chi connectivity index (χ0) is 11.4. The molecule has 2 rings (SSSR count). The number of hydrogen-bond donors (Lipinski definition) is 2. The van der Waals surface area contributed by atoms with Gasteiger partial charge in [-0.1, -0.05) is 31.4 Å². The van der Waals surface area contributed by atoms with E-state index < -0.39 is 0 Å². The fourth-order valence-electron chi connectivity index (χ4n) is 3.31. The van der Waals surface area contributed by atoms with E-state index in [0.717, 1.165) is 11.8 Å². The molecule has 0 heterocycles. The van der Waals surface area contributed by atoms with Crippen LogP contribution in [0, 0.1) is 11.8 Å². The molecule has 2 aliphatic carbocycles. The van der Waals surface area contributed by atoms with Crippen LogP contribution in [0.1, 0.15) is 58.3 Å². The Morgan fingerprint density at radius 1 is 1.25 bits per heavy atom. The maximum Gasteiger partial charge on any atom is 0.0447 e. The molecule has 0 aromatic rings. The zero-order valence-corrected chi connectivity index (χ0v) is 10.5. The monoisotopic (exact) mass is 222 g/mol. The first kappa shape index (κ1) is 12.1. The minimum absolute atomic E-state index is 0.466. The Bertz CT molecular complexity index is 239. The predicted octanol–water partition coefficient (Wildman–Crippen LogP) is 3.15. The molecule has 1 unspecified atom stereocenters. The van der Waals surface area contributed by atoms with Crippen LogP contribution in [0.4, 0.5) is 0 Å². The van der Waals surface area contributed by atoms with Crippen molar-refractivity contribution in [1.82, 2.24) is 5.43 Å². The molecule has 0 aromatic heterocycles. The smallest absolute Gasteiger partial charge is 0.0447 e. The molecular formula is C14H26N2. The van der Waals surface area contributed by atoms with Gasteiger partial charge in [-0.15, -0.1) is 0 Å². The summed E-state index contributed by atoms with van der Waals surface area (Å²) in [6.07, 6.45) is 13.2. The minimum Gasteiger partial charge on any atom is -0.271 e. The maximum absolute atomic E-state index is 5.78. The second-order valence-electron chi connectivity index (χ2n) is 5.69. The van der Waals surface area contributed by atoms with Crippen LogP contribution >= 0.6 is 0 Å². The average molecular weight is 222 g/mol. The number of hydrogen-bond acceptors (Lipinski definition) is 2. The molecule has 1 atom stereocenters. The minimum atomic E-state index is 0.466. The van der Waals surface area contributed by atoms with Gasteiger partial charge in [0.25, 0.3) is 0 Å². The summed E-state index contributed by atoms with van der Waals surface area (Å²) in [6, 6.07) is 0.466. The zero-order valence-electron chi connectivity index (χ0n) is 10.5. The molecule has 0 aliphatic heterocycles. The van der Waals surface area contributed by atoms with Gasteiger partial charge >= 0.3 is 0 Å². The Kier molecular flexibility index (Phi) is 4.42. The Morgan fingerprint density at radius 3 is 2.56 bits per heavy atom. The van der Waals surface area contributed by atoms with Crippen LogP contribution < -0.4 is 11.3 Å². The van der Waals surface area contributed by atoms with E-state index in [1.807, 2.05) is 0 Å². The van der Waals surface area contributed by atoms with E-state index in [1.54, 1.807) is 5.57 Å². The Labute approximate surface area is 99.6 Å². The van der Waals surface area contributed by atoms with E-state index in [1.165, 1.54) is 51.4 Å². The molecule has 1 fully saturated rings. The number of allylic oxidation sites excluding steroid dienone is 1. The topological polar surface area (TPSA) is 38.0 Å². The fraction of sp³-hybridized carbons (Fsp3) is 0.857. The third-order valence-corrected chi connectivity index (χ3v) is 4.44. The number of nitrogens with one attached hydrogen (secondary N) is 1. The number of hydrazine groups is 1. The second kappa shape index (κ2) is 5.83. The van der Waals surface area contributed by atoms with Gasteiger partial charge in [0.2, 0.25) is 0 Å². The molecule has 0 saturated heterocycles. The van der Waals surface area contributed by atoms with Gasteiger partial charge in [0, 0.05) is 6.04 Å². The van der Waals surface area contributed by atoms with Crippen molar-refractivity contribution in [2.45, 2.75) is 64.3 Å². The summed E-state index contributed by atoms with van der Waals surface area (Å²) in [5.74, 6) is 7.49. The largest absolute Gasteiger partial charge is 0.271 e. The van der Waals surface area contributed by atoms with Gasteiger partial charge < -0.3 is 0 Å². The lowest BCUT2D eigenvalue weighted by molar-refractivity contribution is 0.244. The van der Waals surface area contributed by atoms with Gasteiger partial charge in [0.05, 0.1) is 0 Å². The van der Waals surface area contributed by atoms with Crippen LogP contribution in [0.2, 0.25) is 0 Å². The van der Waals surface area contributed by atoms with Crippen LogP contribution in [0.3, 0.4) is 0 Å². The van der Waals surface area contributed by atoms with Gasteiger partial charge in [-0.25, -0.2) is 0 Å². The van der Waals surface area contributed by atoms with Crippen molar-refractivity contribution in [3.05, 3.63) is 11.6 Å². The third kappa shape index (κ3) is 2.86. The Morgan fingerprint density at radius 2 is 2.00 bits per heavy atom. The van der Waals surface area contributed by atoms with Crippen molar-refractivity contribution < 1.29 is 0 Å². The van der Waals surface area contributed by atoms with Crippen LogP contribution in [0.5, 0.6) is 0 Å². The van der Waals surface area contributed by atoms with Crippen LogP contribution in [-0.4, -0.2) is 6.04 Å². The summed E-state index contributed by atoms with van der Waals surface area (Å²) in [4.78, 5) is 0. The van der Waals surface area contributed by atoms with E-state index >= 15 is 0 Å². The van der Waals surface area contributed by atoms with Crippen molar-refractivity contribution in [2.75, 3.05) is 0 Å². The molecule has 2 aliphatic rings. The van der Waals surface area contributed by atoms with Crippen LogP contribution in [0.25, 0.3) is 0 Å². The number of nitrogens with two attached hydrogens (primary N) is 1. The molecule has 92 valence electrons. The summed E-state index contributed by atoms with van der Waals surface area (Å²) in [6.45, 7) is 2.38. The van der Waals surface area contributed by atoms with Crippen molar-refractivity contribution in [3.63, 3.8) is 0 Å². The first-order valence-electron chi connectivity index (χ1n) is 6.96. The lowest BCUT2D eigenvalue weighted by Crippen LogP contribution is -2.43. The SMILES string of the molecule is CC1CCC(C(NN)C2=CCCCC2)CC1. The highest BCUT2D eigenvalue weighted by Crippen LogP contribution is 2.34. The molecule has 3 N–H and O–H groups in total. The van der Waals surface area contributed by atoms with E-state index in [9.17, 15) is 0 Å². The van der Waals surface area contributed by atoms with Gasteiger partial charge in [-0.3, -0.25) is 11.3 Å². The molecule has 0 radical (unpaired) electrons. The summed E-state index contributed by atoms with van der Waals surface area (Å²) in [7, 11) is 0. The molecule has 0 bridgehead atoms. The molecule has 0 spiro atoms. The lowest BCUT2D eigenvalue weighted by atomic mass is 9.76. The first-order valence-corrected chi connectivity index (χ1v) is 6.96. The molecular weight excluding hydrogens is 196 g/mol. The Balaban J connectivity index is 1.96. The molecule has 16 heavy (non-hydrogen) atoms. The molecule has 0 aromatic carbocycles. The van der Waals surface area contributed by atoms with Crippen molar-refractivity contribution in [1.29, 1.82) is 0 Å². The molecule has 2 heteroatoms. The number of rotatable bonds is 3. The van der Waals surface area contributed by atoms with Crippen LogP contribution in [0.15, 0.2) is 11.6 Å². The predicted molar refractivity (Wildman–Crippen MR) is 68.8 cm³/mol. The van der Waals surface area contributed by atoms with E-state index in [-0.39, 0.29) is 0 Å². The van der Waals surface area contributed by atoms with E-state index in [2.05, 4.69) is 18.4 Å². The summed E-state index contributed by atoms with van der Waals surface area (Å²) in [5.41, 5.74) is 4.68. The quantitative estimate of drug-likeness (QED) is 0.437. The highest BCUT2D eigenvalue weighted by atomic mass is 15.2. The van der Waals surface area contributed by atoms with Crippen LogP contribution in [-0.2, 0) is 0 Å².